The maximum atomic E-state index is 13.3. The van der Waals surface area contributed by atoms with E-state index in [1.165, 1.54) is 6.07 Å². The van der Waals surface area contributed by atoms with E-state index >= 15 is 0 Å². The normalized spacial score (nSPS) is 10.9. The van der Waals surface area contributed by atoms with E-state index in [0.29, 0.717) is 23.7 Å². The number of benzene rings is 1. The molecule has 0 bridgehead atoms. The summed E-state index contributed by atoms with van der Waals surface area (Å²) in [6, 6.07) is 10.3. The van der Waals surface area contributed by atoms with Crippen molar-refractivity contribution in [2.45, 2.75) is 13.5 Å². The summed E-state index contributed by atoms with van der Waals surface area (Å²) in [4.78, 5) is 4.40. The van der Waals surface area contributed by atoms with Crippen LogP contribution in [0.1, 0.15) is 11.3 Å². The van der Waals surface area contributed by atoms with Crippen molar-refractivity contribution in [3.8, 4) is 11.6 Å². The summed E-state index contributed by atoms with van der Waals surface area (Å²) >= 11 is 0. The van der Waals surface area contributed by atoms with Gasteiger partial charge in [0.05, 0.1) is 0 Å². The molecule has 5 heteroatoms. The third kappa shape index (κ3) is 2.12. The van der Waals surface area contributed by atoms with Gasteiger partial charge in [0.15, 0.2) is 0 Å². The fourth-order valence-corrected chi connectivity index (χ4v) is 2.08. The molecule has 2 N–H and O–H groups in total. The molecule has 0 aliphatic carbocycles. The number of hydrogen-bond acceptors (Lipinski definition) is 3. The maximum Gasteiger partial charge on any atom is 0.242 e. The van der Waals surface area contributed by atoms with Crippen LogP contribution in [0.2, 0.25) is 0 Å². The molecule has 2 heterocycles. The monoisotopic (exact) mass is 271 g/mol. The Hall–Kier alpha value is -2.40. The summed E-state index contributed by atoms with van der Waals surface area (Å²) in [5.74, 6) is 0.734. The topological polar surface area (TPSA) is 52.5 Å². The zero-order valence-electron chi connectivity index (χ0n) is 11.0. The van der Waals surface area contributed by atoms with Gasteiger partial charge in [-0.3, -0.25) is 4.40 Å². The van der Waals surface area contributed by atoms with Crippen molar-refractivity contribution >= 4 is 5.65 Å². The van der Waals surface area contributed by atoms with Gasteiger partial charge in [-0.1, -0.05) is 6.07 Å². The van der Waals surface area contributed by atoms with Gasteiger partial charge in [-0.05, 0) is 42.8 Å². The molecule has 3 aromatic rings. The lowest BCUT2D eigenvalue weighted by molar-refractivity contribution is 0.457. The molecular formula is C15H14FN3O. The van der Waals surface area contributed by atoms with E-state index in [4.69, 9.17) is 10.5 Å². The van der Waals surface area contributed by atoms with Crippen LogP contribution in [0.25, 0.3) is 5.65 Å². The van der Waals surface area contributed by atoms with Crippen LogP contribution in [-0.2, 0) is 6.54 Å². The lowest BCUT2D eigenvalue weighted by atomic mass is 10.2. The molecule has 0 radical (unpaired) electrons. The Bertz CT molecular complexity index is 767. The number of nitrogens with two attached hydrogens (primary N) is 1. The lowest BCUT2D eigenvalue weighted by Crippen LogP contribution is -2.02. The van der Waals surface area contributed by atoms with Gasteiger partial charge in [-0.15, -0.1) is 0 Å². The number of fused-ring (bicyclic) bond motifs is 1. The molecule has 0 amide bonds. The molecule has 0 atom stereocenters. The van der Waals surface area contributed by atoms with Crippen molar-refractivity contribution < 1.29 is 9.13 Å². The fraction of sp³-hybridized carbons (Fsp3) is 0.133. The summed E-state index contributed by atoms with van der Waals surface area (Å²) < 4.78 is 20.9. The summed E-state index contributed by atoms with van der Waals surface area (Å²) in [6.07, 6.45) is 1.88. The average molecular weight is 271 g/mol. The van der Waals surface area contributed by atoms with Crippen LogP contribution in [0.5, 0.6) is 11.6 Å². The molecule has 4 nitrogen and oxygen atoms in total. The molecule has 0 saturated heterocycles. The Morgan fingerprint density at radius 3 is 2.90 bits per heavy atom. The lowest BCUT2D eigenvalue weighted by Gasteiger charge is -2.06. The Labute approximate surface area is 115 Å². The molecule has 3 rings (SSSR count). The summed E-state index contributed by atoms with van der Waals surface area (Å²) in [5.41, 5.74) is 7.84. The quantitative estimate of drug-likeness (QED) is 0.796. The molecule has 1 aromatic carbocycles. The van der Waals surface area contributed by atoms with E-state index in [1.54, 1.807) is 19.1 Å². The average Bonchev–Trinajstić information content (AvgIpc) is 2.80. The number of ether oxygens (including phenoxy) is 1. The predicted octanol–water partition coefficient (Wildman–Crippen LogP) is 3.03. The Morgan fingerprint density at radius 1 is 1.30 bits per heavy atom. The minimum absolute atomic E-state index is 0.258. The number of halogens is 1. The van der Waals surface area contributed by atoms with Crippen molar-refractivity contribution in [2.24, 2.45) is 5.73 Å². The number of aryl methyl sites for hydroxylation is 1. The second-order valence-electron chi connectivity index (χ2n) is 4.51. The first kappa shape index (κ1) is 12.6. The highest BCUT2D eigenvalue weighted by molar-refractivity contribution is 5.47. The van der Waals surface area contributed by atoms with E-state index in [-0.39, 0.29) is 5.82 Å². The number of hydrogen-bond donors (Lipinski definition) is 1. The third-order valence-electron chi connectivity index (χ3n) is 3.13. The van der Waals surface area contributed by atoms with E-state index < -0.39 is 0 Å². The minimum atomic E-state index is -0.258. The van der Waals surface area contributed by atoms with Gasteiger partial charge >= 0.3 is 0 Å². The first-order chi connectivity index (χ1) is 9.69. The van der Waals surface area contributed by atoms with Crippen LogP contribution in [-0.4, -0.2) is 9.38 Å². The Balaban J connectivity index is 2.03. The van der Waals surface area contributed by atoms with Crippen molar-refractivity contribution in [1.29, 1.82) is 0 Å². The summed E-state index contributed by atoms with van der Waals surface area (Å²) in [7, 11) is 0. The Kier molecular flexibility index (Phi) is 3.12. The number of nitrogens with zero attached hydrogens (tertiary/aromatic N) is 2. The molecule has 20 heavy (non-hydrogen) atoms. The summed E-state index contributed by atoms with van der Waals surface area (Å²) in [5, 5.41) is 0. The predicted molar refractivity (Wildman–Crippen MR) is 74.3 cm³/mol. The minimum Gasteiger partial charge on any atom is -0.437 e. The van der Waals surface area contributed by atoms with Crippen molar-refractivity contribution in [2.75, 3.05) is 0 Å². The van der Waals surface area contributed by atoms with Crippen LogP contribution in [0, 0.1) is 12.7 Å². The zero-order valence-corrected chi connectivity index (χ0v) is 11.0. The number of rotatable bonds is 3. The van der Waals surface area contributed by atoms with E-state index in [1.807, 2.05) is 28.8 Å². The first-order valence-electron chi connectivity index (χ1n) is 6.29. The highest BCUT2D eigenvalue weighted by atomic mass is 19.1. The zero-order chi connectivity index (χ0) is 14.1. The SMILES string of the molecule is Cc1cc(Oc2nc3ccccn3c2CN)ccc1F. The largest absolute Gasteiger partial charge is 0.437 e. The highest BCUT2D eigenvalue weighted by Gasteiger charge is 2.13. The number of pyridine rings is 1. The van der Waals surface area contributed by atoms with Gasteiger partial charge in [0.25, 0.3) is 0 Å². The smallest absolute Gasteiger partial charge is 0.242 e. The van der Waals surface area contributed by atoms with Crippen LogP contribution in [0.3, 0.4) is 0 Å². The third-order valence-corrected chi connectivity index (χ3v) is 3.13. The van der Waals surface area contributed by atoms with E-state index in [9.17, 15) is 4.39 Å². The molecule has 0 spiro atoms. The number of imidazole rings is 1. The summed E-state index contributed by atoms with van der Waals surface area (Å²) in [6.45, 7) is 2.00. The Morgan fingerprint density at radius 2 is 2.15 bits per heavy atom. The van der Waals surface area contributed by atoms with Gasteiger partial charge < -0.3 is 10.5 Å². The van der Waals surface area contributed by atoms with Crippen LogP contribution in [0.15, 0.2) is 42.6 Å². The first-order valence-corrected chi connectivity index (χ1v) is 6.29. The molecule has 0 aliphatic rings. The fourth-order valence-electron chi connectivity index (χ4n) is 2.08. The van der Waals surface area contributed by atoms with Crippen molar-refractivity contribution in [3.05, 3.63) is 59.7 Å². The second kappa shape index (κ2) is 4.94. The number of aromatic nitrogens is 2. The highest BCUT2D eigenvalue weighted by Crippen LogP contribution is 2.26. The van der Waals surface area contributed by atoms with Crippen LogP contribution < -0.4 is 10.5 Å². The van der Waals surface area contributed by atoms with Crippen LogP contribution >= 0.6 is 0 Å². The van der Waals surface area contributed by atoms with Gasteiger partial charge in [0.1, 0.15) is 22.9 Å². The van der Waals surface area contributed by atoms with Gasteiger partial charge in [0.2, 0.25) is 5.88 Å². The van der Waals surface area contributed by atoms with Crippen LogP contribution in [0.4, 0.5) is 4.39 Å². The second-order valence-corrected chi connectivity index (χ2v) is 4.51. The van der Waals surface area contributed by atoms with Crippen molar-refractivity contribution in [3.63, 3.8) is 0 Å². The molecule has 0 fully saturated rings. The molecule has 0 saturated carbocycles. The van der Waals surface area contributed by atoms with E-state index in [2.05, 4.69) is 4.98 Å². The molecular weight excluding hydrogens is 257 g/mol. The standard InChI is InChI=1S/C15H14FN3O/c1-10-8-11(5-6-12(10)16)20-15-13(9-17)19-7-3-2-4-14(19)18-15/h2-8H,9,17H2,1H3. The molecule has 0 aliphatic heterocycles. The van der Waals surface area contributed by atoms with Gasteiger partial charge in [-0.2, -0.15) is 4.98 Å². The molecule has 102 valence electrons. The molecule has 2 aromatic heterocycles. The maximum absolute atomic E-state index is 13.3. The van der Waals surface area contributed by atoms with Crippen molar-refractivity contribution in [1.82, 2.24) is 9.38 Å². The van der Waals surface area contributed by atoms with E-state index in [0.717, 1.165) is 11.3 Å². The van der Waals surface area contributed by atoms with Gasteiger partial charge in [-0.25, -0.2) is 4.39 Å². The molecule has 0 unspecified atom stereocenters. The van der Waals surface area contributed by atoms with Gasteiger partial charge in [0, 0.05) is 12.7 Å².